The molecule has 3 aromatic carbocycles. The fourth-order valence-corrected chi connectivity index (χ4v) is 4.37. The van der Waals surface area contributed by atoms with Gasteiger partial charge in [0.2, 0.25) is 0 Å². The number of hydrogen-bond donors (Lipinski definition) is 0. The minimum Gasteiger partial charge on any atom is -0.274 e. The average molecular weight is 420 g/mol. The lowest BCUT2D eigenvalue weighted by Gasteiger charge is -2.15. The first-order valence-electron chi connectivity index (χ1n) is 9.27. The number of hydrogen-bond acceptors (Lipinski definition) is 3. The van der Waals surface area contributed by atoms with Gasteiger partial charge in [0, 0.05) is 16.5 Å². The van der Waals surface area contributed by atoms with E-state index in [0.29, 0.717) is 28.5 Å². The van der Waals surface area contributed by atoms with Crippen molar-refractivity contribution < 1.29 is 9.59 Å². The Morgan fingerprint density at radius 2 is 1.38 bits per heavy atom. The molecule has 1 aliphatic heterocycles. The molecule has 0 radical (unpaired) electrons. The van der Waals surface area contributed by atoms with Crippen molar-refractivity contribution in [3.8, 4) is 0 Å². The van der Waals surface area contributed by atoms with Gasteiger partial charge in [-0.3, -0.25) is 14.5 Å². The van der Waals surface area contributed by atoms with E-state index in [1.165, 1.54) is 16.7 Å². The van der Waals surface area contributed by atoms with Crippen LogP contribution in [-0.4, -0.2) is 23.3 Å². The Kier molecular flexibility index (Phi) is 5.84. The maximum atomic E-state index is 13.2. The van der Waals surface area contributed by atoms with Crippen LogP contribution in [0.4, 0.5) is 0 Å². The van der Waals surface area contributed by atoms with E-state index in [4.69, 9.17) is 11.6 Å². The minimum atomic E-state index is -0.242. The Morgan fingerprint density at radius 3 is 2.03 bits per heavy atom. The largest absolute Gasteiger partial charge is 0.274 e. The number of thioether (sulfide) groups is 1. The third-order valence-electron chi connectivity index (χ3n) is 4.69. The molecule has 5 heteroatoms. The molecule has 0 bridgehead atoms. The SMILES string of the molecule is O=C1C(Sc2ccccc2)=C(c2ccccc2)C(=O)N1CCc1ccc(Cl)cc1. The topological polar surface area (TPSA) is 37.4 Å². The molecule has 0 saturated carbocycles. The van der Waals surface area contributed by atoms with E-state index in [2.05, 4.69) is 0 Å². The molecular weight excluding hydrogens is 402 g/mol. The lowest BCUT2D eigenvalue weighted by molar-refractivity contribution is -0.136. The highest BCUT2D eigenvalue weighted by molar-refractivity contribution is 8.04. The predicted octanol–water partition coefficient (Wildman–Crippen LogP) is 5.45. The monoisotopic (exact) mass is 419 g/mol. The van der Waals surface area contributed by atoms with Crippen molar-refractivity contribution in [1.29, 1.82) is 0 Å². The normalized spacial score (nSPS) is 14.0. The molecule has 3 aromatic rings. The van der Waals surface area contributed by atoms with Crippen LogP contribution in [0.15, 0.2) is 94.7 Å². The summed E-state index contributed by atoms with van der Waals surface area (Å²) in [5.41, 5.74) is 2.26. The van der Waals surface area contributed by atoms with Gasteiger partial charge in [0.1, 0.15) is 0 Å². The van der Waals surface area contributed by atoms with Gasteiger partial charge >= 0.3 is 0 Å². The Bertz CT molecular complexity index is 1060. The summed E-state index contributed by atoms with van der Waals surface area (Å²) in [5, 5.41) is 0.664. The van der Waals surface area contributed by atoms with E-state index >= 15 is 0 Å². The summed E-state index contributed by atoms with van der Waals surface area (Å²) in [7, 11) is 0. The first-order chi connectivity index (χ1) is 14.1. The molecule has 0 saturated heterocycles. The van der Waals surface area contributed by atoms with Crippen LogP contribution in [0.3, 0.4) is 0 Å². The third kappa shape index (κ3) is 4.29. The highest BCUT2D eigenvalue weighted by atomic mass is 35.5. The van der Waals surface area contributed by atoms with E-state index in [0.717, 1.165) is 16.0 Å². The van der Waals surface area contributed by atoms with E-state index in [1.54, 1.807) is 0 Å². The van der Waals surface area contributed by atoms with Crippen molar-refractivity contribution in [3.63, 3.8) is 0 Å². The molecule has 1 heterocycles. The van der Waals surface area contributed by atoms with Gasteiger partial charge < -0.3 is 0 Å². The van der Waals surface area contributed by atoms with Gasteiger partial charge in [0.25, 0.3) is 11.8 Å². The summed E-state index contributed by atoms with van der Waals surface area (Å²) in [6.45, 7) is 0.328. The lowest BCUT2D eigenvalue weighted by atomic mass is 10.1. The fraction of sp³-hybridized carbons (Fsp3) is 0.0833. The second-order valence-electron chi connectivity index (χ2n) is 6.62. The zero-order valence-corrected chi connectivity index (χ0v) is 17.1. The maximum absolute atomic E-state index is 13.2. The van der Waals surface area contributed by atoms with Gasteiger partial charge in [-0.05, 0) is 41.8 Å². The van der Waals surface area contributed by atoms with Crippen molar-refractivity contribution in [3.05, 3.63) is 106 Å². The summed E-state index contributed by atoms with van der Waals surface area (Å²) >= 11 is 7.28. The summed E-state index contributed by atoms with van der Waals surface area (Å²) in [4.78, 5) is 29.1. The zero-order chi connectivity index (χ0) is 20.2. The quantitative estimate of drug-likeness (QED) is 0.498. The number of rotatable bonds is 6. The van der Waals surface area contributed by atoms with Crippen LogP contribution in [0.25, 0.3) is 5.57 Å². The lowest BCUT2D eigenvalue weighted by Crippen LogP contribution is -2.33. The summed E-state index contributed by atoms with van der Waals surface area (Å²) in [6.07, 6.45) is 0.583. The Morgan fingerprint density at radius 1 is 0.759 bits per heavy atom. The predicted molar refractivity (Wildman–Crippen MR) is 118 cm³/mol. The summed E-state index contributed by atoms with van der Waals surface area (Å²) < 4.78 is 0. The van der Waals surface area contributed by atoms with Crippen molar-refractivity contribution in [2.24, 2.45) is 0 Å². The third-order valence-corrected chi connectivity index (χ3v) is 6.03. The van der Waals surface area contributed by atoms with Crippen molar-refractivity contribution in [1.82, 2.24) is 4.90 Å². The molecule has 2 amide bonds. The van der Waals surface area contributed by atoms with Crippen LogP contribution in [0.2, 0.25) is 5.02 Å². The van der Waals surface area contributed by atoms with E-state index in [-0.39, 0.29) is 11.8 Å². The molecule has 1 aliphatic rings. The fourth-order valence-electron chi connectivity index (χ4n) is 3.21. The number of nitrogens with zero attached hydrogens (tertiary/aromatic N) is 1. The van der Waals surface area contributed by atoms with E-state index in [9.17, 15) is 9.59 Å². The molecule has 0 fully saturated rings. The van der Waals surface area contributed by atoms with Crippen LogP contribution >= 0.6 is 23.4 Å². The number of carbonyl (C=O) groups excluding carboxylic acids is 2. The van der Waals surface area contributed by atoms with Crippen LogP contribution in [0.1, 0.15) is 11.1 Å². The number of carbonyl (C=O) groups is 2. The average Bonchev–Trinajstić information content (AvgIpc) is 2.98. The van der Waals surface area contributed by atoms with E-state index in [1.807, 2.05) is 84.9 Å². The Hall–Kier alpha value is -2.82. The molecule has 144 valence electrons. The Labute approximate surface area is 179 Å². The van der Waals surface area contributed by atoms with Crippen LogP contribution in [-0.2, 0) is 16.0 Å². The molecule has 0 unspecified atom stereocenters. The molecule has 29 heavy (non-hydrogen) atoms. The van der Waals surface area contributed by atoms with Crippen molar-refractivity contribution in [2.45, 2.75) is 11.3 Å². The van der Waals surface area contributed by atoms with Crippen molar-refractivity contribution in [2.75, 3.05) is 6.54 Å². The summed E-state index contributed by atoms with van der Waals surface area (Å²) in [5.74, 6) is -0.481. The molecule has 0 N–H and O–H groups in total. The molecule has 4 rings (SSSR count). The number of halogens is 1. The van der Waals surface area contributed by atoms with Gasteiger partial charge in [0.05, 0.1) is 10.5 Å². The maximum Gasteiger partial charge on any atom is 0.268 e. The highest BCUT2D eigenvalue weighted by Crippen LogP contribution is 2.39. The number of benzene rings is 3. The number of amides is 2. The minimum absolute atomic E-state index is 0.239. The first kappa shape index (κ1) is 19.5. The zero-order valence-electron chi connectivity index (χ0n) is 15.5. The molecule has 3 nitrogen and oxygen atoms in total. The highest BCUT2D eigenvalue weighted by Gasteiger charge is 2.39. The smallest absolute Gasteiger partial charge is 0.268 e. The standard InChI is InChI=1S/C24H18ClNO2S/c25-19-13-11-17(12-14-19)15-16-26-23(27)21(18-7-3-1-4-8-18)22(24(26)28)29-20-9-5-2-6-10-20/h1-14H,15-16H2. The van der Waals surface area contributed by atoms with Gasteiger partial charge in [-0.25, -0.2) is 0 Å². The van der Waals surface area contributed by atoms with Crippen LogP contribution in [0, 0.1) is 0 Å². The first-order valence-corrected chi connectivity index (χ1v) is 10.5. The van der Waals surface area contributed by atoms with Gasteiger partial charge in [-0.2, -0.15) is 0 Å². The van der Waals surface area contributed by atoms with Gasteiger partial charge in [0.15, 0.2) is 0 Å². The van der Waals surface area contributed by atoms with Gasteiger partial charge in [-0.15, -0.1) is 0 Å². The number of imide groups is 1. The van der Waals surface area contributed by atoms with Crippen LogP contribution < -0.4 is 0 Å². The van der Waals surface area contributed by atoms with Crippen LogP contribution in [0.5, 0.6) is 0 Å². The Balaban J connectivity index is 1.63. The molecule has 0 aromatic heterocycles. The second-order valence-corrected chi connectivity index (χ2v) is 8.14. The molecule has 0 aliphatic carbocycles. The summed E-state index contributed by atoms with van der Waals surface area (Å²) in [6, 6.07) is 26.5. The second kappa shape index (κ2) is 8.68. The molecular formula is C24H18ClNO2S. The van der Waals surface area contributed by atoms with E-state index < -0.39 is 0 Å². The van der Waals surface area contributed by atoms with Gasteiger partial charge in [-0.1, -0.05) is 84.0 Å². The molecule has 0 spiro atoms. The molecule has 0 atom stereocenters. The van der Waals surface area contributed by atoms with Crippen molar-refractivity contribution >= 4 is 40.8 Å².